The fourth-order valence-corrected chi connectivity index (χ4v) is 6.78. The molecule has 0 N–H and O–H groups in total. The molecule has 3 heterocycles. The molecule has 9 heteroatoms. The van der Waals surface area contributed by atoms with Crippen molar-refractivity contribution in [3.8, 4) is 5.19 Å². The molecule has 1 fully saturated rings. The number of halogens is 2. The van der Waals surface area contributed by atoms with Crippen LogP contribution in [0.1, 0.15) is 71.9 Å². The van der Waals surface area contributed by atoms with E-state index >= 15 is 0 Å². The molecular weight excluding hydrogens is 496 g/mol. The van der Waals surface area contributed by atoms with Crippen LogP contribution < -0.4 is 9.64 Å². The minimum absolute atomic E-state index is 0.0467. The second kappa shape index (κ2) is 10.8. The van der Waals surface area contributed by atoms with Gasteiger partial charge in [-0.3, -0.25) is 14.5 Å². The average molecular weight is 532 g/mol. The van der Waals surface area contributed by atoms with Gasteiger partial charge in [0.05, 0.1) is 12.1 Å². The number of amides is 1. The summed E-state index contributed by atoms with van der Waals surface area (Å²) in [6.07, 6.45) is 7.34. The second-order valence-electron chi connectivity index (χ2n) is 11.0. The first-order chi connectivity index (χ1) is 17.7. The first-order valence-corrected chi connectivity index (χ1v) is 14.1. The van der Waals surface area contributed by atoms with Crippen molar-refractivity contribution in [3.05, 3.63) is 39.9 Å². The van der Waals surface area contributed by atoms with E-state index in [0.717, 1.165) is 92.5 Å². The molecule has 0 unspecified atom stereocenters. The van der Waals surface area contributed by atoms with E-state index in [1.165, 1.54) is 11.3 Å². The number of rotatable bonds is 9. The molecule has 3 aliphatic rings. The second-order valence-corrected chi connectivity index (χ2v) is 12.0. The summed E-state index contributed by atoms with van der Waals surface area (Å²) < 4.78 is 31.4. The van der Waals surface area contributed by atoms with Crippen LogP contribution in [0.25, 0.3) is 0 Å². The molecule has 2 aliphatic heterocycles. The number of ether oxygens (including phenoxy) is 1. The number of thiazole rings is 1. The highest BCUT2D eigenvalue weighted by Gasteiger charge is 2.30. The zero-order valence-corrected chi connectivity index (χ0v) is 22.4. The number of anilines is 1. The predicted octanol–water partition coefficient (Wildman–Crippen LogP) is 5.52. The Kier molecular flexibility index (Phi) is 7.63. The normalized spacial score (nSPS) is 22.2. The Morgan fingerprint density at radius 3 is 2.73 bits per heavy atom. The van der Waals surface area contributed by atoms with Gasteiger partial charge in [0.2, 0.25) is 5.91 Å². The number of carbonyl (C=O) groups excluding carboxylic acids is 2. The van der Waals surface area contributed by atoms with Crippen LogP contribution in [0.2, 0.25) is 0 Å². The molecule has 0 saturated heterocycles. The summed E-state index contributed by atoms with van der Waals surface area (Å²) in [5, 5.41) is 0.348. The number of aromatic nitrogens is 1. The summed E-state index contributed by atoms with van der Waals surface area (Å²) in [7, 11) is 1.77. The van der Waals surface area contributed by atoms with Gasteiger partial charge in [0, 0.05) is 49.6 Å². The topological polar surface area (TPSA) is 62.7 Å². The first-order valence-electron chi connectivity index (χ1n) is 13.3. The summed E-state index contributed by atoms with van der Waals surface area (Å²) in [5.74, 6) is -1.56. The van der Waals surface area contributed by atoms with Crippen molar-refractivity contribution in [2.75, 3.05) is 31.6 Å². The average Bonchev–Trinajstić information content (AvgIpc) is 3.41. The highest BCUT2D eigenvalue weighted by Crippen LogP contribution is 2.36. The summed E-state index contributed by atoms with van der Waals surface area (Å²) >= 11 is 1.39. The maximum atomic E-state index is 13.1. The van der Waals surface area contributed by atoms with E-state index in [1.54, 1.807) is 11.9 Å². The molecule has 1 aromatic carbocycles. The van der Waals surface area contributed by atoms with Crippen LogP contribution in [-0.4, -0.2) is 54.2 Å². The quantitative estimate of drug-likeness (QED) is 0.399. The third-order valence-corrected chi connectivity index (χ3v) is 9.12. The lowest BCUT2D eigenvalue weighted by molar-refractivity contribution is -0.117. The van der Waals surface area contributed by atoms with Gasteiger partial charge < -0.3 is 9.64 Å². The number of carbonyl (C=O) groups is 2. The van der Waals surface area contributed by atoms with Crippen LogP contribution in [0, 0.1) is 11.8 Å². The molecule has 1 saturated carbocycles. The minimum Gasteiger partial charge on any atom is -0.464 e. The molecule has 200 valence electrons. The van der Waals surface area contributed by atoms with Gasteiger partial charge in [0.15, 0.2) is 12.4 Å². The standard InChI is InChI=1S/C28H35F2N3O3S/c1-28(29,30)17-36-27-31-22-16-33(13-11-25(22)37-27)12-10-18-6-8-19(9-7-18)14-24(34)20-4-3-5-23-21(20)15-26(35)32(23)2/h3-5,18-19H,6-17H2,1-2H3. The van der Waals surface area contributed by atoms with Crippen LogP contribution in [0.15, 0.2) is 18.2 Å². The van der Waals surface area contributed by atoms with E-state index in [0.29, 0.717) is 29.9 Å². The number of hydrogen-bond acceptors (Lipinski definition) is 6. The van der Waals surface area contributed by atoms with Crippen LogP contribution in [-0.2, 0) is 24.2 Å². The summed E-state index contributed by atoms with van der Waals surface area (Å²) in [4.78, 5) is 34.9. The molecule has 0 atom stereocenters. The highest BCUT2D eigenvalue weighted by atomic mass is 32.1. The number of Topliss-reactive ketones (excluding diaryl/α,β-unsaturated/α-hetero) is 1. The zero-order valence-electron chi connectivity index (χ0n) is 21.6. The number of likely N-dealkylation sites (N-methyl/N-ethyl adjacent to an activating group) is 1. The van der Waals surface area contributed by atoms with Gasteiger partial charge in [-0.25, -0.2) is 13.8 Å². The third kappa shape index (κ3) is 6.20. The molecular formula is C28H35F2N3O3S. The smallest absolute Gasteiger partial charge is 0.278 e. The van der Waals surface area contributed by atoms with Crippen molar-refractivity contribution in [1.29, 1.82) is 0 Å². The first kappa shape index (κ1) is 26.2. The van der Waals surface area contributed by atoms with E-state index in [1.807, 2.05) is 18.2 Å². The maximum Gasteiger partial charge on any atom is 0.278 e. The molecule has 0 bridgehead atoms. The van der Waals surface area contributed by atoms with Gasteiger partial charge in [-0.1, -0.05) is 36.3 Å². The summed E-state index contributed by atoms with van der Waals surface area (Å²) in [6.45, 7) is 2.93. The Labute approximate surface area is 221 Å². The fourth-order valence-electron chi connectivity index (χ4n) is 5.87. The van der Waals surface area contributed by atoms with E-state index in [2.05, 4.69) is 9.88 Å². The number of alkyl halides is 2. The van der Waals surface area contributed by atoms with Crippen molar-refractivity contribution >= 4 is 28.7 Å². The Balaban J connectivity index is 1.06. The van der Waals surface area contributed by atoms with Gasteiger partial charge in [-0.2, -0.15) is 0 Å². The van der Waals surface area contributed by atoms with Gasteiger partial charge in [0.1, 0.15) is 0 Å². The van der Waals surface area contributed by atoms with Crippen LogP contribution in [0.5, 0.6) is 5.19 Å². The number of fused-ring (bicyclic) bond motifs is 2. The SMILES string of the molecule is CN1C(=O)Cc2c(C(=O)CC3CCC(CCN4CCc5sc(OCC(C)(F)F)nc5C4)CC3)cccc21. The maximum absolute atomic E-state index is 13.1. The lowest BCUT2D eigenvalue weighted by Crippen LogP contribution is -2.32. The molecule has 0 spiro atoms. The zero-order chi connectivity index (χ0) is 26.2. The van der Waals surface area contributed by atoms with Crippen LogP contribution in [0.3, 0.4) is 0 Å². The Bertz CT molecular complexity index is 1150. The Hall–Kier alpha value is -2.39. The van der Waals surface area contributed by atoms with Crippen molar-refractivity contribution in [2.24, 2.45) is 11.8 Å². The van der Waals surface area contributed by atoms with Gasteiger partial charge in [0.25, 0.3) is 11.1 Å². The molecule has 0 radical (unpaired) electrons. The lowest BCUT2D eigenvalue weighted by Gasteiger charge is -2.31. The minimum atomic E-state index is -2.86. The molecule has 5 rings (SSSR count). The van der Waals surface area contributed by atoms with Crippen molar-refractivity contribution < 1.29 is 23.1 Å². The lowest BCUT2D eigenvalue weighted by atomic mass is 9.78. The molecule has 1 aromatic heterocycles. The predicted molar refractivity (Wildman–Crippen MR) is 140 cm³/mol. The van der Waals surface area contributed by atoms with Gasteiger partial charge >= 0.3 is 0 Å². The molecule has 1 aliphatic carbocycles. The number of ketones is 1. The van der Waals surface area contributed by atoms with Crippen LogP contribution in [0.4, 0.5) is 14.5 Å². The van der Waals surface area contributed by atoms with E-state index in [-0.39, 0.29) is 11.7 Å². The van der Waals surface area contributed by atoms with E-state index < -0.39 is 12.5 Å². The highest BCUT2D eigenvalue weighted by molar-refractivity contribution is 7.13. The number of benzene rings is 1. The molecule has 37 heavy (non-hydrogen) atoms. The summed E-state index contributed by atoms with van der Waals surface area (Å²) in [5.41, 5.74) is 3.45. The van der Waals surface area contributed by atoms with Gasteiger partial charge in [-0.05, 0) is 55.7 Å². The van der Waals surface area contributed by atoms with Crippen molar-refractivity contribution in [3.63, 3.8) is 0 Å². The largest absolute Gasteiger partial charge is 0.464 e. The van der Waals surface area contributed by atoms with E-state index in [4.69, 9.17) is 4.74 Å². The Morgan fingerprint density at radius 1 is 1.22 bits per heavy atom. The van der Waals surface area contributed by atoms with Crippen molar-refractivity contribution in [1.82, 2.24) is 9.88 Å². The van der Waals surface area contributed by atoms with E-state index in [9.17, 15) is 18.4 Å². The fraction of sp³-hybridized carbons (Fsp3) is 0.607. The Morgan fingerprint density at radius 2 is 1.97 bits per heavy atom. The van der Waals surface area contributed by atoms with Crippen molar-refractivity contribution in [2.45, 2.75) is 70.8 Å². The number of hydrogen-bond donors (Lipinski definition) is 0. The summed E-state index contributed by atoms with van der Waals surface area (Å²) in [6, 6.07) is 5.67. The molecule has 6 nitrogen and oxygen atoms in total. The molecule has 1 amide bonds. The third-order valence-electron chi connectivity index (χ3n) is 8.05. The molecule has 2 aromatic rings. The van der Waals surface area contributed by atoms with Gasteiger partial charge in [-0.15, -0.1) is 0 Å². The number of nitrogens with zero attached hydrogens (tertiary/aromatic N) is 3. The van der Waals surface area contributed by atoms with Crippen LogP contribution >= 0.6 is 11.3 Å². The monoisotopic (exact) mass is 531 g/mol.